The first kappa shape index (κ1) is 20.6. The molecule has 0 saturated heterocycles. The summed E-state index contributed by atoms with van der Waals surface area (Å²) in [7, 11) is 3.16. The molecule has 0 aromatic heterocycles. The number of methoxy groups -OCH3 is 1. The third-order valence-electron chi connectivity index (χ3n) is 4.74. The number of aryl methyl sites for hydroxylation is 1. The summed E-state index contributed by atoms with van der Waals surface area (Å²) >= 11 is 6.14. The lowest BCUT2D eigenvalue weighted by Crippen LogP contribution is -2.45. The first-order chi connectivity index (χ1) is 12.1. The molecule has 0 fully saturated rings. The number of esters is 1. The van der Waals surface area contributed by atoms with Crippen LogP contribution in [0.25, 0.3) is 0 Å². The van der Waals surface area contributed by atoms with E-state index in [1.165, 1.54) is 12.7 Å². The van der Waals surface area contributed by atoms with Gasteiger partial charge in [0.2, 0.25) is 0 Å². The number of fused-ring (bicyclic) bond motifs is 1. The molecule has 1 aliphatic rings. The molecule has 1 aromatic carbocycles. The van der Waals surface area contributed by atoms with Crippen molar-refractivity contribution in [3.63, 3.8) is 0 Å². The van der Waals surface area contributed by atoms with Crippen LogP contribution in [0.15, 0.2) is 18.2 Å². The number of carbonyl (C=O) groups excluding carboxylic acids is 2. The quantitative estimate of drug-likeness (QED) is 0.717. The molecule has 144 valence electrons. The predicted molar refractivity (Wildman–Crippen MR) is 102 cm³/mol. The molecule has 5 nitrogen and oxygen atoms in total. The number of amides is 1. The summed E-state index contributed by atoms with van der Waals surface area (Å²) in [5, 5.41) is 0.703. The Kier molecular flexibility index (Phi) is 6.56. The van der Waals surface area contributed by atoms with E-state index >= 15 is 0 Å². The van der Waals surface area contributed by atoms with Crippen molar-refractivity contribution >= 4 is 23.7 Å². The minimum atomic E-state index is -0.549. The summed E-state index contributed by atoms with van der Waals surface area (Å²) in [6, 6.07) is 5.81. The van der Waals surface area contributed by atoms with Crippen LogP contribution in [-0.4, -0.2) is 42.8 Å². The van der Waals surface area contributed by atoms with Gasteiger partial charge in [-0.2, -0.15) is 0 Å². The second kappa shape index (κ2) is 8.30. The zero-order valence-corrected chi connectivity index (χ0v) is 16.9. The van der Waals surface area contributed by atoms with Gasteiger partial charge in [0.1, 0.15) is 5.60 Å². The highest BCUT2D eigenvalue weighted by Crippen LogP contribution is 2.39. The van der Waals surface area contributed by atoms with E-state index in [1.54, 1.807) is 11.9 Å². The standard InChI is InChI=1S/C20H28ClNO4/c1-20(2,3)26-19(24)22(4)17-10-6-13-12-14(21)7-8-15(13)16(17)9-11-18(23)25-5/h7-8,12,16-17H,6,9-11H2,1-5H3/t16-,17-/m1/s1. The van der Waals surface area contributed by atoms with Gasteiger partial charge in [0, 0.05) is 30.5 Å². The molecule has 1 aromatic rings. The van der Waals surface area contributed by atoms with Gasteiger partial charge in [-0.05, 0) is 63.3 Å². The zero-order valence-electron chi connectivity index (χ0n) is 16.2. The third-order valence-corrected chi connectivity index (χ3v) is 4.98. The van der Waals surface area contributed by atoms with Crippen LogP contribution in [0.5, 0.6) is 0 Å². The van der Waals surface area contributed by atoms with Gasteiger partial charge in [-0.3, -0.25) is 4.79 Å². The molecule has 1 amide bonds. The lowest BCUT2D eigenvalue weighted by Gasteiger charge is -2.39. The fourth-order valence-electron chi connectivity index (χ4n) is 3.52. The number of carbonyl (C=O) groups is 2. The average Bonchev–Trinajstić information content (AvgIpc) is 2.56. The summed E-state index contributed by atoms with van der Waals surface area (Å²) in [6.45, 7) is 5.56. The zero-order chi connectivity index (χ0) is 19.5. The first-order valence-corrected chi connectivity index (χ1v) is 9.31. The van der Waals surface area contributed by atoms with E-state index in [9.17, 15) is 9.59 Å². The number of ether oxygens (including phenoxy) is 2. The van der Waals surface area contributed by atoms with Crippen LogP contribution in [0.1, 0.15) is 57.1 Å². The van der Waals surface area contributed by atoms with Crippen LogP contribution in [0.2, 0.25) is 5.02 Å². The van der Waals surface area contributed by atoms with E-state index in [0.717, 1.165) is 18.4 Å². The Morgan fingerprint density at radius 2 is 2.00 bits per heavy atom. The van der Waals surface area contributed by atoms with Crippen molar-refractivity contribution in [3.8, 4) is 0 Å². The fraction of sp³-hybridized carbons (Fsp3) is 0.600. The number of hydrogen-bond acceptors (Lipinski definition) is 4. The van der Waals surface area contributed by atoms with Gasteiger partial charge in [-0.15, -0.1) is 0 Å². The number of halogens is 1. The molecule has 0 heterocycles. The van der Waals surface area contributed by atoms with E-state index in [1.807, 2.05) is 39.0 Å². The summed E-state index contributed by atoms with van der Waals surface area (Å²) in [5.41, 5.74) is 1.78. The molecule has 26 heavy (non-hydrogen) atoms. The van der Waals surface area contributed by atoms with Crippen molar-refractivity contribution in [2.24, 2.45) is 0 Å². The Morgan fingerprint density at radius 1 is 1.31 bits per heavy atom. The highest BCUT2D eigenvalue weighted by atomic mass is 35.5. The van der Waals surface area contributed by atoms with E-state index in [2.05, 4.69) is 0 Å². The van der Waals surface area contributed by atoms with Crippen molar-refractivity contribution in [2.75, 3.05) is 14.2 Å². The number of rotatable bonds is 4. The van der Waals surface area contributed by atoms with E-state index in [0.29, 0.717) is 17.9 Å². The van der Waals surface area contributed by atoms with Crippen molar-refractivity contribution in [2.45, 2.75) is 64.0 Å². The van der Waals surface area contributed by atoms with E-state index < -0.39 is 5.60 Å². The van der Waals surface area contributed by atoms with Gasteiger partial charge in [-0.1, -0.05) is 17.7 Å². The van der Waals surface area contributed by atoms with Gasteiger partial charge in [0.25, 0.3) is 0 Å². The number of hydrogen-bond donors (Lipinski definition) is 0. The van der Waals surface area contributed by atoms with Gasteiger partial charge in [0.05, 0.1) is 7.11 Å². The second-order valence-electron chi connectivity index (χ2n) is 7.76. The molecular weight excluding hydrogens is 354 g/mol. The molecule has 0 N–H and O–H groups in total. The molecular formula is C20H28ClNO4. The average molecular weight is 382 g/mol. The van der Waals surface area contributed by atoms with Gasteiger partial charge >= 0.3 is 12.1 Å². The van der Waals surface area contributed by atoms with Crippen molar-refractivity contribution in [1.29, 1.82) is 0 Å². The summed E-state index contributed by atoms with van der Waals surface area (Å²) in [6.07, 6.45) is 2.21. The lowest BCUT2D eigenvalue weighted by atomic mass is 9.76. The Hall–Kier alpha value is -1.75. The van der Waals surface area contributed by atoms with Gasteiger partial charge in [0.15, 0.2) is 0 Å². The maximum atomic E-state index is 12.6. The molecule has 6 heteroatoms. The Bertz CT molecular complexity index is 668. The normalized spacial score (nSPS) is 19.5. The van der Waals surface area contributed by atoms with E-state index in [-0.39, 0.29) is 24.0 Å². The van der Waals surface area contributed by atoms with Gasteiger partial charge in [-0.25, -0.2) is 4.79 Å². The topological polar surface area (TPSA) is 55.8 Å². The molecule has 0 unspecified atom stereocenters. The van der Waals surface area contributed by atoms with Crippen LogP contribution in [0.3, 0.4) is 0 Å². The molecule has 1 aliphatic carbocycles. The lowest BCUT2D eigenvalue weighted by molar-refractivity contribution is -0.140. The second-order valence-corrected chi connectivity index (χ2v) is 8.20. The molecule has 0 aliphatic heterocycles. The smallest absolute Gasteiger partial charge is 0.410 e. The van der Waals surface area contributed by atoms with Crippen LogP contribution in [0, 0.1) is 0 Å². The highest BCUT2D eigenvalue weighted by molar-refractivity contribution is 6.30. The maximum absolute atomic E-state index is 12.6. The summed E-state index contributed by atoms with van der Waals surface area (Å²) in [4.78, 5) is 25.9. The molecule has 2 atom stereocenters. The molecule has 0 spiro atoms. The Labute approximate surface area is 160 Å². The third kappa shape index (κ3) is 5.13. The molecule has 0 radical (unpaired) electrons. The highest BCUT2D eigenvalue weighted by Gasteiger charge is 2.36. The number of likely N-dealkylation sites (N-methyl/N-ethyl adjacent to an activating group) is 1. The summed E-state index contributed by atoms with van der Waals surface area (Å²) in [5.74, 6) is -0.211. The Balaban J connectivity index is 2.27. The minimum absolute atomic E-state index is 0.0348. The minimum Gasteiger partial charge on any atom is -0.469 e. The monoisotopic (exact) mass is 381 g/mol. The fourth-order valence-corrected chi connectivity index (χ4v) is 3.72. The molecule has 0 saturated carbocycles. The van der Waals surface area contributed by atoms with Crippen molar-refractivity contribution < 1.29 is 19.1 Å². The number of benzene rings is 1. The number of nitrogens with zero attached hydrogens (tertiary/aromatic N) is 1. The van der Waals surface area contributed by atoms with Crippen LogP contribution in [0.4, 0.5) is 4.79 Å². The molecule has 2 rings (SSSR count). The Morgan fingerprint density at radius 3 is 2.62 bits per heavy atom. The van der Waals surface area contributed by atoms with Crippen LogP contribution in [-0.2, 0) is 20.7 Å². The maximum Gasteiger partial charge on any atom is 0.410 e. The SMILES string of the molecule is COC(=O)CC[C@@H]1c2ccc(Cl)cc2CC[C@H]1N(C)C(=O)OC(C)(C)C. The van der Waals surface area contributed by atoms with Crippen molar-refractivity contribution in [1.82, 2.24) is 4.90 Å². The van der Waals surface area contributed by atoms with Crippen LogP contribution >= 0.6 is 11.6 Å². The predicted octanol–water partition coefficient (Wildman–Crippen LogP) is 4.56. The van der Waals surface area contributed by atoms with Gasteiger partial charge < -0.3 is 14.4 Å². The van der Waals surface area contributed by atoms with E-state index in [4.69, 9.17) is 21.1 Å². The van der Waals surface area contributed by atoms with Crippen LogP contribution < -0.4 is 0 Å². The largest absolute Gasteiger partial charge is 0.469 e. The first-order valence-electron chi connectivity index (χ1n) is 8.93. The summed E-state index contributed by atoms with van der Waals surface area (Å²) < 4.78 is 10.3. The van der Waals surface area contributed by atoms with Crippen molar-refractivity contribution in [3.05, 3.63) is 34.3 Å². The molecule has 0 bridgehead atoms.